The van der Waals surface area contributed by atoms with Gasteiger partial charge in [-0.2, -0.15) is 0 Å². The van der Waals surface area contributed by atoms with Gasteiger partial charge in [0.05, 0.1) is 36.9 Å². The third-order valence-corrected chi connectivity index (χ3v) is 13.0. The van der Waals surface area contributed by atoms with Gasteiger partial charge in [-0.25, -0.2) is 4.57 Å². The molecular weight excluding hydrogens is 875 g/mol. The first kappa shape index (κ1) is 59.5. The van der Waals surface area contributed by atoms with Gasteiger partial charge in [0.15, 0.2) is 6.10 Å². The lowest BCUT2D eigenvalue weighted by Gasteiger charge is -2.37. The Balaban J connectivity index is 2.13. The number of aliphatic hydroxyl groups is 7. The van der Waals surface area contributed by atoms with E-state index in [1.165, 1.54) is 44.6 Å². The minimum Gasteiger partial charge on any atom is -0.462 e. The molecule has 1 unspecified atom stereocenters. The van der Waals surface area contributed by atoms with Crippen molar-refractivity contribution in [2.24, 2.45) is 11.8 Å². The SMILES string of the molecule is CCCCCCCC/C=C\C/C=C\C/C=C\CCCC(=O)OC[C@@H]1COP(=O)(O)O[C@H]2[C@H](O)[C@@H](O)[C@H](O)[C@@H](CCCCCCC(=O)O1)[C@@H](O)CC(=O)[C@H](/C=C/[C@@H](O)CCCCC)[C@@H](O)[C@H]2O. The Morgan fingerprint density at radius 2 is 1.36 bits per heavy atom. The number of ether oxygens (including phenoxy) is 2. The van der Waals surface area contributed by atoms with Crippen molar-refractivity contribution in [2.45, 2.75) is 216 Å². The molecule has 0 aromatic heterocycles. The first-order valence-corrected chi connectivity index (χ1v) is 26.0. The second-order valence-electron chi connectivity index (χ2n) is 17.7. The summed E-state index contributed by atoms with van der Waals surface area (Å²) in [7, 11) is -5.46. The van der Waals surface area contributed by atoms with Crippen molar-refractivity contribution in [2.75, 3.05) is 13.2 Å². The lowest BCUT2D eigenvalue weighted by Crippen LogP contribution is -2.55. The van der Waals surface area contributed by atoms with Crippen LogP contribution in [0.5, 0.6) is 0 Å². The van der Waals surface area contributed by atoms with Crippen molar-refractivity contribution in [3.05, 3.63) is 48.6 Å². The zero-order valence-corrected chi connectivity index (χ0v) is 40.3. The van der Waals surface area contributed by atoms with Crippen LogP contribution in [0.15, 0.2) is 48.6 Å². The molecule has 12 atom stereocenters. The number of hydrogen-bond donors (Lipinski definition) is 8. The summed E-state index contributed by atoms with van der Waals surface area (Å²) >= 11 is 0. The average Bonchev–Trinajstić information content (AvgIpc) is 3.28. The smallest absolute Gasteiger partial charge is 0.462 e. The summed E-state index contributed by atoms with van der Waals surface area (Å²) in [4.78, 5) is 50.1. The Morgan fingerprint density at radius 1 is 0.758 bits per heavy atom. The molecule has 1 aliphatic carbocycles. The van der Waals surface area contributed by atoms with Crippen LogP contribution in [-0.4, -0.2) is 127 Å². The summed E-state index contributed by atoms with van der Waals surface area (Å²) < 4.78 is 34.6. The van der Waals surface area contributed by atoms with E-state index in [0.717, 1.165) is 38.2 Å². The Hall–Kier alpha value is -2.60. The Bertz CT molecular complexity index is 1520. The molecule has 1 aliphatic heterocycles. The number of carbonyl (C=O) groups excluding carboxylic acids is 3. The number of unbranched alkanes of at least 4 members (excludes halogenated alkanes) is 9. The van der Waals surface area contributed by atoms with E-state index in [1.54, 1.807) is 0 Å². The van der Waals surface area contributed by atoms with Crippen LogP contribution in [0.2, 0.25) is 0 Å². The number of carbonyl (C=O) groups is 3. The molecule has 380 valence electrons. The van der Waals surface area contributed by atoms with Crippen LogP contribution < -0.4 is 0 Å². The van der Waals surface area contributed by atoms with Crippen molar-refractivity contribution in [1.29, 1.82) is 0 Å². The van der Waals surface area contributed by atoms with Gasteiger partial charge in [-0.1, -0.05) is 133 Å². The molecule has 0 aromatic rings. The van der Waals surface area contributed by atoms with Gasteiger partial charge in [0.2, 0.25) is 0 Å². The summed E-state index contributed by atoms with van der Waals surface area (Å²) in [5, 5.41) is 78.5. The van der Waals surface area contributed by atoms with Gasteiger partial charge in [-0.05, 0) is 57.8 Å². The number of allylic oxidation sites excluding steroid dienone is 6. The van der Waals surface area contributed by atoms with Gasteiger partial charge in [-0.15, -0.1) is 0 Å². The van der Waals surface area contributed by atoms with Crippen LogP contribution in [0.3, 0.4) is 0 Å². The third kappa shape index (κ3) is 24.6. The van der Waals surface area contributed by atoms with Crippen molar-refractivity contribution >= 4 is 25.5 Å². The number of Topliss-reactive ketones (excluding diaryl/α,β-unsaturated/α-hetero) is 1. The summed E-state index contributed by atoms with van der Waals surface area (Å²) in [6.07, 6.45) is 12.6. The molecule has 0 spiro atoms. The van der Waals surface area contributed by atoms with Crippen molar-refractivity contribution in [3.63, 3.8) is 0 Å². The van der Waals surface area contributed by atoms with Crippen LogP contribution in [0.1, 0.15) is 162 Å². The lowest BCUT2D eigenvalue weighted by atomic mass is 9.82. The maximum absolute atomic E-state index is 13.7. The average molecular weight is 959 g/mol. The molecule has 2 rings (SSSR count). The van der Waals surface area contributed by atoms with E-state index in [1.807, 2.05) is 19.1 Å². The summed E-state index contributed by atoms with van der Waals surface area (Å²) in [5.41, 5.74) is 0. The fourth-order valence-corrected chi connectivity index (χ4v) is 8.97. The molecule has 17 heteroatoms. The van der Waals surface area contributed by atoms with E-state index in [4.69, 9.17) is 18.5 Å². The van der Waals surface area contributed by atoms with Crippen molar-refractivity contribution < 1.29 is 78.1 Å². The molecule has 66 heavy (non-hydrogen) atoms. The quantitative estimate of drug-likeness (QED) is 0.0234. The van der Waals surface area contributed by atoms with Gasteiger partial charge in [-0.3, -0.25) is 23.4 Å². The highest BCUT2D eigenvalue weighted by Crippen LogP contribution is 2.47. The Labute approximate surface area is 392 Å². The molecule has 1 heterocycles. The predicted molar refractivity (Wildman–Crippen MR) is 250 cm³/mol. The number of phosphoric ester groups is 1. The molecule has 2 fully saturated rings. The van der Waals surface area contributed by atoms with E-state index in [-0.39, 0.29) is 19.3 Å². The van der Waals surface area contributed by atoms with E-state index in [0.29, 0.717) is 51.4 Å². The molecule has 0 amide bonds. The minimum atomic E-state index is -5.46. The highest BCUT2D eigenvalue weighted by atomic mass is 31.2. The standard InChI is InChI=1S/C49H83O16P/c1-3-5-7-8-9-10-11-12-13-14-15-16-17-18-19-20-25-29-42(53)62-34-37-35-63-66(60,61)65-49-47(58)45(56)39(32-31-36(50)27-23-6-4-2)41(52)33-40(51)38(44(55)46(57)48(49)59)28-24-21-22-26-30-43(54)64-37/h12-13,15-16,18-19,31-32,36-40,44-51,55-59H,3-11,14,17,20-30,33-35H2,1-2H3,(H,60,61)/b13-12-,16-15-,19-18-,32-31+/t36-,37+,38-,39-,40-,44+,45+,46-,47+,48+,49+/m0/s1. The number of cyclic esters (lactones) is 1. The number of ketones is 1. The van der Waals surface area contributed by atoms with Gasteiger partial charge in [0.25, 0.3) is 0 Å². The summed E-state index contributed by atoms with van der Waals surface area (Å²) in [6.45, 7) is 2.77. The fourth-order valence-electron chi connectivity index (χ4n) is 7.99. The molecule has 2 aliphatic rings. The fraction of sp³-hybridized carbons (Fsp3) is 0.776. The van der Waals surface area contributed by atoms with E-state index >= 15 is 0 Å². The Morgan fingerprint density at radius 3 is 2.06 bits per heavy atom. The number of phosphoric acid groups is 1. The molecule has 0 aromatic carbocycles. The molecule has 0 radical (unpaired) electrons. The minimum absolute atomic E-state index is 0.0251. The number of rotatable bonds is 23. The van der Waals surface area contributed by atoms with Crippen molar-refractivity contribution in [1.82, 2.24) is 0 Å². The van der Waals surface area contributed by atoms with Gasteiger partial charge in [0.1, 0.15) is 36.8 Å². The number of aliphatic hydroxyl groups excluding tert-OH is 7. The largest absolute Gasteiger partial charge is 0.472 e. The molecule has 8 N–H and O–H groups in total. The molecule has 1 saturated carbocycles. The van der Waals surface area contributed by atoms with Crippen molar-refractivity contribution in [3.8, 4) is 0 Å². The van der Waals surface area contributed by atoms with Crippen LogP contribution in [0.4, 0.5) is 0 Å². The van der Waals surface area contributed by atoms with Crippen LogP contribution >= 0.6 is 7.82 Å². The monoisotopic (exact) mass is 959 g/mol. The molecule has 1 saturated heterocycles. The van der Waals surface area contributed by atoms with Gasteiger partial charge >= 0.3 is 19.8 Å². The van der Waals surface area contributed by atoms with Crippen LogP contribution in [0, 0.1) is 11.8 Å². The van der Waals surface area contributed by atoms with Crippen LogP contribution in [-0.2, 0) is 37.5 Å². The first-order chi connectivity index (χ1) is 31.6. The zero-order chi connectivity index (χ0) is 48.7. The topological polar surface area (TPSA) is 267 Å². The van der Waals surface area contributed by atoms with Gasteiger partial charge in [0, 0.05) is 25.2 Å². The highest BCUT2D eigenvalue weighted by Gasteiger charge is 2.49. The second-order valence-corrected chi connectivity index (χ2v) is 19.2. The second kappa shape index (κ2) is 34.6. The number of hydrogen-bond acceptors (Lipinski definition) is 15. The van der Waals surface area contributed by atoms with Crippen LogP contribution in [0.25, 0.3) is 0 Å². The maximum Gasteiger partial charge on any atom is 0.472 e. The molecular formula is C49H83O16P. The predicted octanol–water partition coefficient (Wildman–Crippen LogP) is 6.54. The Kier molecular flexibility index (Phi) is 31.2. The molecule has 2 bridgehead atoms. The van der Waals surface area contributed by atoms with E-state index in [9.17, 15) is 59.6 Å². The summed E-state index contributed by atoms with van der Waals surface area (Å²) in [6, 6.07) is 0. The zero-order valence-electron chi connectivity index (χ0n) is 39.4. The molecule has 16 nitrogen and oxygen atoms in total. The third-order valence-electron chi connectivity index (χ3n) is 12.0. The summed E-state index contributed by atoms with van der Waals surface area (Å²) in [5.74, 6) is -5.04. The normalized spacial score (nSPS) is 31.1. The first-order valence-electron chi connectivity index (χ1n) is 24.5. The number of esters is 2. The maximum atomic E-state index is 13.7. The van der Waals surface area contributed by atoms with E-state index < -0.39 is 112 Å². The van der Waals surface area contributed by atoms with Gasteiger partial charge < -0.3 is 50.1 Å². The van der Waals surface area contributed by atoms with E-state index in [2.05, 4.69) is 31.2 Å². The number of fused-ring (bicyclic) bond motifs is 4. The lowest BCUT2D eigenvalue weighted by molar-refractivity contribution is -0.167. The highest BCUT2D eigenvalue weighted by molar-refractivity contribution is 7.47.